The Hall–Kier alpha value is -1.80. The number of carbonyl (C=O) groups is 1. The van der Waals surface area contributed by atoms with Crippen molar-refractivity contribution in [3.63, 3.8) is 0 Å². The third kappa shape index (κ3) is 2.96. The molecule has 7 nitrogen and oxygen atoms in total. The first-order chi connectivity index (χ1) is 9.13. The Balaban J connectivity index is 2.42. The van der Waals surface area contributed by atoms with E-state index in [2.05, 4.69) is 14.3 Å². The van der Waals surface area contributed by atoms with Gasteiger partial charge >= 0.3 is 5.97 Å². The van der Waals surface area contributed by atoms with Crippen LogP contribution in [0.25, 0.3) is 10.2 Å². The number of carboxylic acids is 1. The van der Waals surface area contributed by atoms with Crippen molar-refractivity contribution in [3.05, 3.63) is 12.0 Å². The monoisotopic (exact) mass is 282 g/mol. The average molecular weight is 282 g/mol. The molecule has 0 amide bonds. The van der Waals surface area contributed by atoms with Gasteiger partial charge in [0.25, 0.3) is 0 Å². The van der Waals surface area contributed by atoms with Crippen LogP contribution in [0.4, 0.5) is 5.82 Å². The van der Waals surface area contributed by atoms with Gasteiger partial charge in [0.15, 0.2) is 0 Å². The van der Waals surface area contributed by atoms with Crippen molar-refractivity contribution in [2.24, 2.45) is 0 Å². The van der Waals surface area contributed by atoms with E-state index in [9.17, 15) is 4.79 Å². The topological polar surface area (TPSA) is 88.4 Å². The molecule has 19 heavy (non-hydrogen) atoms. The first kappa shape index (κ1) is 13.6. The zero-order valence-electron chi connectivity index (χ0n) is 10.7. The zero-order chi connectivity index (χ0) is 13.8. The summed E-state index contributed by atoms with van der Waals surface area (Å²) in [5.74, 6) is -0.320. The van der Waals surface area contributed by atoms with Crippen LogP contribution in [0.2, 0.25) is 0 Å². The average Bonchev–Trinajstić information content (AvgIpc) is 2.76. The Kier molecular flexibility index (Phi) is 4.23. The predicted octanol–water partition coefficient (Wildman–Crippen LogP) is 0.932. The Bertz CT molecular complexity index is 586. The van der Waals surface area contributed by atoms with Crippen LogP contribution in [0.3, 0.4) is 0 Å². The number of hydrogen-bond donors (Lipinski definition) is 1. The van der Waals surface area contributed by atoms with Gasteiger partial charge in [-0.05, 0) is 18.5 Å². The third-order valence-corrected chi connectivity index (χ3v) is 3.46. The molecule has 2 heterocycles. The fraction of sp³-hybridized carbons (Fsp3) is 0.455. The number of ether oxygens (including phenoxy) is 1. The molecule has 0 saturated carbocycles. The van der Waals surface area contributed by atoms with Crippen molar-refractivity contribution in [1.29, 1.82) is 0 Å². The normalized spacial score (nSPS) is 10.8. The summed E-state index contributed by atoms with van der Waals surface area (Å²) >= 11 is 1.28. The molecule has 2 rings (SSSR count). The standard InChI is InChI=1S/C11H14N4O3S/c1-7-9-10(12-6-13-11(9)19-14-7)15(3-4-18-2)5-8(16)17/h6H,3-5H2,1-2H3,(H,16,17). The zero-order valence-corrected chi connectivity index (χ0v) is 11.5. The Morgan fingerprint density at radius 2 is 2.32 bits per heavy atom. The summed E-state index contributed by atoms with van der Waals surface area (Å²) in [7, 11) is 1.58. The summed E-state index contributed by atoms with van der Waals surface area (Å²) in [6.45, 7) is 2.60. The van der Waals surface area contributed by atoms with Crippen LogP contribution in [-0.2, 0) is 9.53 Å². The fourth-order valence-corrected chi connectivity index (χ4v) is 2.51. The van der Waals surface area contributed by atoms with E-state index in [1.165, 1.54) is 17.9 Å². The Morgan fingerprint density at radius 1 is 1.53 bits per heavy atom. The molecule has 0 aliphatic carbocycles. The van der Waals surface area contributed by atoms with Gasteiger partial charge in [-0.15, -0.1) is 0 Å². The Morgan fingerprint density at radius 3 is 3.00 bits per heavy atom. The lowest BCUT2D eigenvalue weighted by molar-refractivity contribution is -0.135. The van der Waals surface area contributed by atoms with E-state index in [-0.39, 0.29) is 6.54 Å². The minimum Gasteiger partial charge on any atom is -0.480 e. The van der Waals surface area contributed by atoms with Gasteiger partial charge in [-0.3, -0.25) is 4.79 Å². The molecule has 0 radical (unpaired) electrons. The van der Waals surface area contributed by atoms with E-state index in [4.69, 9.17) is 9.84 Å². The maximum atomic E-state index is 11.0. The van der Waals surface area contributed by atoms with E-state index in [0.717, 1.165) is 15.9 Å². The van der Waals surface area contributed by atoms with E-state index in [0.29, 0.717) is 19.0 Å². The van der Waals surface area contributed by atoms with E-state index in [1.807, 2.05) is 6.92 Å². The molecule has 0 bridgehead atoms. The highest BCUT2D eigenvalue weighted by atomic mass is 32.1. The van der Waals surface area contributed by atoms with E-state index in [1.54, 1.807) is 12.0 Å². The number of carboxylic acid groups (broad SMARTS) is 1. The molecule has 0 fully saturated rings. The molecule has 0 saturated heterocycles. The van der Waals surface area contributed by atoms with Gasteiger partial charge in [0.2, 0.25) is 0 Å². The summed E-state index contributed by atoms with van der Waals surface area (Å²) in [6.07, 6.45) is 1.43. The van der Waals surface area contributed by atoms with Gasteiger partial charge in [0.05, 0.1) is 17.7 Å². The number of aliphatic carboxylic acids is 1. The molecule has 102 valence electrons. The predicted molar refractivity (Wildman–Crippen MR) is 71.7 cm³/mol. The van der Waals surface area contributed by atoms with Crippen molar-refractivity contribution < 1.29 is 14.6 Å². The first-order valence-corrected chi connectivity index (χ1v) is 6.43. The highest BCUT2D eigenvalue weighted by Gasteiger charge is 2.18. The lowest BCUT2D eigenvalue weighted by Crippen LogP contribution is -2.33. The number of aromatic nitrogens is 3. The number of anilines is 1. The molecule has 0 atom stereocenters. The summed E-state index contributed by atoms with van der Waals surface area (Å²) in [6, 6.07) is 0. The second kappa shape index (κ2) is 5.89. The quantitative estimate of drug-likeness (QED) is 0.843. The molecule has 0 unspecified atom stereocenters. The van der Waals surface area contributed by atoms with Crippen LogP contribution in [-0.4, -0.2) is 52.2 Å². The van der Waals surface area contributed by atoms with Crippen LogP contribution in [0.1, 0.15) is 5.69 Å². The largest absolute Gasteiger partial charge is 0.480 e. The number of methoxy groups -OCH3 is 1. The molecule has 0 aliphatic rings. The second-order valence-electron chi connectivity index (χ2n) is 3.95. The number of fused-ring (bicyclic) bond motifs is 1. The number of aryl methyl sites for hydroxylation is 1. The minimum atomic E-state index is -0.913. The lowest BCUT2D eigenvalue weighted by atomic mass is 10.3. The van der Waals surface area contributed by atoms with Gasteiger partial charge < -0.3 is 14.7 Å². The molecule has 0 spiro atoms. The van der Waals surface area contributed by atoms with Gasteiger partial charge in [-0.1, -0.05) is 0 Å². The van der Waals surface area contributed by atoms with E-state index >= 15 is 0 Å². The molecular weight excluding hydrogens is 268 g/mol. The number of rotatable bonds is 6. The first-order valence-electron chi connectivity index (χ1n) is 5.66. The van der Waals surface area contributed by atoms with Crippen molar-refractivity contribution >= 4 is 33.5 Å². The van der Waals surface area contributed by atoms with Crippen molar-refractivity contribution in [3.8, 4) is 0 Å². The molecule has 1 N–H and O–H groups in total. The Labute approximate surface area is 114 Å². The smallest absolute Gasteiger partial charge is 0.323 e. The van der Waals surface area contributed by atoms with E-state index < -0.39 is 5.97 Å². The lowest BCUT2D eigenvalue weighted by Gasteiger charge is -2.21. The SMILES string of the molecule is COCCN(CC(=O)O)c1ncnc2snc(C)c12. The van der Waals surface area contributed by atoms with Crippen molar-refractivity contribution in [1.82, 2.24) is 14.3 Å². The highest BCUT2D eigenvalue weighted by molar-refractivity contribution is 7.13. The molecular formula is C11H14N4O3S. The maximum Gasteiger partial charge on any atom is 0.323 e. The molecule has 2 aromatic heterocycles. The van der Waals surface area contributed by atoms with Gasteiger partial charge in [-0.25, -0.2) is 9.97 Å². The van der Waals surface area contributed by atoms with Crippen LogP contribution in [0, 0.1) is 6.92 Å². The third-order valence-electron chi connectivity index (χ3n) is 2.61. The summed E-state index contributed by atoms with van der Waals surface area (Å²) in [5.41, 5.74) is 0.809. The maximum absolute atomic E-state index is 11.0. The molecule has 8 heteroatoms. The van der Waals surface area contributed by atoms with Gasteiger partial charge in [-0.2, -0.15) is 4.37 Å². The second-order valence-corrected chi connectivity index (χ2v) is 4.71. The summed E-state index contributed by atoms with van der Waals surface area (Å²) < 4.78 is 9.24. The van der Waals surface area contributed by atoms with Gasteiger partial charge in [0.1, 0.15) is 23.5 Å². The van der Waals surface area contributed by atoms with Crippen LogP contribution >= 0.6 is 11.5 Å². The molecule has 0 aliphatic heterocycles. The highest BCUT2D eigenvalue weighted by Crippen LogP contribution is 2.28. The summed E-state index contributed by atoms with van der Waals surface area (Å²) in [4.78, 5) is 21.7. The number of hydrogen-bond acceptors (Lipinski definition) is 7. The molecule has 0 aromatic carbocycles. The van der Waals surface area contributed by atoms with Crippen molar-refractivity contribution in [2.75, 3.05) is 31.7 Å². The van der Waals surface area contributed by atoms with Crippen LogP contribution in [0.5, 0.6) is 0 Å². The van der Waals surface area contributed by atoms with Crippen LogP contribution in [0.15, 0.2) is 6.33 Å². The fourth-order valence-electron chi connectivity index (χ4n) is 1.77. The van der Waals surface area contributed by atoms with Crippen LogP contribution < -0.4 is 4.90 Å². The minimum absolute atomic E-state index is 0.134. The van der Waals surface area contributed by atoms with Crippen molar-refractivity contribution in [2.45, 2.75) is 6.92 Å². The summed E-state index contributed by atoms with van der Waals surface area (Å²) in [5, 5.41) is 9.81. The molecule has 2 aromatic rings. The number of nitrogens with zero attached hydrogens (tertiary/aromatic N) is 4. The van der Waals surface area contributed by atoms with Gasteiger partial charge in [0, 0.05) is 13.7 Å².